The van der Waals surface area contributed by atoms with E-state index in [2.05, 4.69) is 15.3 Å². The van der Waals surface area contributed by atoms with Crippen molar-refractivity contribution in [2.24, 2.45) is 5.11 Å². The van der Waals surface area contributed by atoms with E-state index in [1.807, 2.05) is 24.3 Å². The summed E-state index contributed by atoms with van der Waals surface area (Å²) in [5.41, 5.74) is 9.32. The number of rotatable bonds is 5. The fourth-order valence-corrected chi connectivity index (χ4v) is 1.65. The number of carbonyl (C=O) groups excluding carboxylic acids is 1. The lowest BCUT2D eigenvalue weighted by Crippen LogP contribution is -2.24. The summed E-state index contributed by atoms with van der Waals surface area (Å²) in [6.07, 6.45) is 2.07. The molecule has 0 fully saturated rings. The number of para-hydroxylation sites is 1. The fraction of sp³-hybridized carbons (Fsp3) is 0.250. The molecule has 18 heavy (non-hydrogen) atoms. The van der Waals surface area contributed by atoms with Crippen LogP contribution in [-0.2, 0) is 0 Å². The summed E-state index contributed by atoms with van der Waals surface area (Å²) in [5.74, 6) is -0.180. The lowest BCUT2D eigenvalue weighted by molar-refractivity contribution is 0.0954. The number of furan rings is 1. The third-order valence-electron chi connectivity index (χ3n) is 2.51. The average Bonchev–Trinajstić information content (AvgIpc) is 2.82. The van der Waals surface area contributed by atoms with E-state index < -0.39 is 0 Å². The Kier molecular flexibility index (Phi) is 3.83. The molecule has 2 rings (SSSR count). The van der Waals surface area contributed by atoms with Crippen LogP contribution in [0.4, 0.5) is 0 Å². The molecule has 1 N–H and O–H groups in total. The van der Waals surface area contributed by atoms with Gasteiger partial charge < -0.3 is 9.73 Å². The van der Waals surface area contributed by atoms with Crippen molar-refractivity contribution < 1.29 is 9.21 Å². The van der Waals surface area contributed by atoms with Gasteiger partial charge in [0, 0.05) is 23.4 Å². The van der Waals surface area contributed by atoms with Crippen LogP contribution in [0.25, 0.3) is 21.4 Å². The first kappa shape index (κ1) is 12.0. The number of nitrogens with zero attached hydrogens (tertiary/aromatic N) is 3. The van der Waals surface area contributed by atoms with E-state index in [1.54, 1.807) is 0 Å². The molecule has 1 heterocycles. The maximum atomic E-state index is 11.9. The van der Waals surface area contributed by atoms with Gasteiger partial charge in [0.05, 0.1) is 5.56 Å². The molecule has 1 aromatic carbocycles. The molecule has 0 aliphatic rings. The van der Waals surface area contributed by atoms with E-state index in [9.17, 15) is 4.79 Å². The molecule has 0 spiro atoms. The number of amides is 1. The maximum absolute atomic E-state index is 11.9. The summed E-state index contributed by atoms with van der Waals surface area (Å²) in [6.45, 7) is 0.847. The number of hydrogen-bond acceptors (Lipinski definition) is 3. The molecule has 6 nitrogen and oxygen atoms in total. The van der Waals surface area contributed by atoms with Gasteiger partial charge in [0.25, 0.3) is 5.91 Å². The molecule has 2 aromatic rings. The molecule has 1 aromatic heterocycles. The topological polar surface area (TPSA) is 91.0 Å². The highest BCUT2D eigenvalue weighted by Crippen LogP contribution is 2.20. The number of benzene rings is 1. The number of fused-ring (bicyclic) bond motifs is 1. The standard InChI is InChI=1S/C12H12N4O2/c13-16-15-7-3-6-14-12(17)10-8-18-11-5-2-1-4-9(10)11/h1-2,4-5,8H,3,6-7H2,(H,14,17). The van der Waals surface area contributed by atoms with Crippen LogP contribution in [-0.4, -0.2) is 19.0 Å². The zero-order chi connectivity index (χ0) is 12.8. The quantitative estimate of drug-likeness (QED) is 0.379. The first-order valence-electron chi connectivity index (χ1n) is 5.58. The number of nitrogens with one attached hydrogen (secondary N) is 1. The van der Waals surface area contributed by atoms with Crippen molar-refractivity contribution in [2.45, 2.75) is 6.42 Å². The van der Waals surface area contributed by atoms with E-state index in [4.69, 9.17) is 9.95 Å². The van der Waals surface area contributed by atoms with Gasteiger partial charge in [-0.05, 0) is 18.0 Å². The monoisotopic (exact) mass is 244 g/mol. The molecule has 0 saturated heterocycles. The van der Waals surface area contributed by atoms with Crippen LogP contribution in [0.5, 0.6) is 0 Å². The predicted molar refractivity (Wildman–Crippen MR) is 67.2 cm³/mol. The molecule has 0 aliphatic carbocycles. The van der Waals surface area contributed by atoms with Gasteiger partial charge in [-0.15, -0.1) is 0 Å². The molecule has 0 saturated carbocycles. The zero-order valence-corrected chi connectivity index (χ0v) is 9.67. The van der Waals surface area contributed by atoms with Crippen molar-refractivity contribution in [1.29, 1.82) is 0 Å². The summed E-state index contributed by atoms with van der Waals surface area (Å²) >= 11 is 0. The highest BCUT2D eigenvalue weighted by Gasteiger charge is 2.12. The van der Waals surface area contributed by atoms with Crippen LogP contribution in [0.15, 0.2) is 40.1 Å². The fourth-order valence-electron chi connectivity index (χ4n) is 1.65. The minimum atomic E-state index is -0.180. The third kappa shape index (κ3) is 2.61. The summed E-state index contributed by atoms with van der Waals surface area (Å²) in [4.78, 5) is 14.5. The number of carbonyl (C=O) groups is 1. The van der Waals surface area contributed by atoms with E-state index in [-0.39, 0.29) is 5.91 Å². The largest absolute Gasteiger partial charge is 0.463 e. The van der Waals surface area contributed by atoms with Crippen molar-refractivity contribution in [3.8, 4) is 0 Å². The Morgan fingerprint density at radius 2 is 2.28 bits per heavy atom. The van der Waals surface area contributed by atoms with Gasteiger partial charge in [0.15, 0.2) is 0 Å². The lowest BCUT2D eigenvalue weighted by atomic mass is 10.1. The molecule has 1 amide bonds. The van der Waals surface area contributed by atoms with Crippen molar-refractivity contribution >= 4 is 16.9 Å². The minimum absolute atomic E-state index is 0.180. The van der Waals surface area contributed by atoms with Gasteiger partial charge in [0.1, 0.15) is 11.8 Å². The molecule has 0 bridgehead atoms. The van der Waals surface area contributed by atoms with E-state index in [0.717, 1.165) is 5.39 Å². The lowest BCUT2D eigenvalue weighted by Gasteiger charge is -2.01. The highest BCUT2D eigenvalue weighted by atomic mass is 16.3. The second-order valence-corrected chi connectivity index (χ2v) is 3.71. The van der Waals surface area contributed by atoms with Crippen molar-refractivity contribution in [1.82, 2.24) is 5.32 Å². The van der Waals surface area contributed by atoms with Gasteiger partial charge in [-0.2, -0.15) is 0 Å². The summed E-state index contributed by atoms with van der Waals surface area (Å²) in [6, 6.07) is 7.37. The van der Waals surface area contributed by atoms with Crippen molar-refractivity contribution in [3.05, 3.63) is 46.5 Å². The van der Waals surface area contributed by atoms with Gasteiger partial charge >= 0.3 is 0 Å². The smallest absolute Gasteiger partial charge is 0.255 e. The second-order valence-electron chi connectivity index (χ2n) is 3.71. The number of azide groups is 1. The van der Waals surface area contributed by atoms with E-state index >= 15 is 0 Å². The van der Waals surface area contributed by atoms with Crippen LogP contribution >= 0.6 is 0 Å². The first-order chi connectivity index (χ1) is 8.83. The molecular formula is C12H12N4O2. The van der Waals surface area contributed by atoms with Gasteiger partial charge in [0.2, 0.25) is 0 Å². The zero-order valence-electron chi connectivity index (χ0n) is 9.67. The average molecular weight is 244 g/mol. The second kappa shape index (κ2) is 5.75. The summed E-state index contributed by atoms with van der Waals surface area (Å²) in [5, 5.41) is 6.94. The maximum Gasteiger partial charge on any atom is 0.255 e. The van der Waals surface area contributed by atoms with Crippen LogP contribution in [0.1, 0.15) is 16.8 Å². The van der Waals surface area contributed by atoms with Gasteiger partial charge in [-0.3, -0.25) is 4.79 Å². The molecule has 0 radical (unpaired) electrons. The van der Waals surface area contributed by atoms with E-state index in [1.165, 1.54) is 6.26 Å². The van der Waals surface area contributed by atoms with Crippen LogP contribution < -0.4 is 5.32 Å². The Labute approximate surface area is 103 Å². The first-order valence-corrected chi connectivity index (χ1v) is 5.58. The molecule has 0 unspecified atom stereocenters. The molecular weight excluding hydrogens is 232 g/mol. The van der Waals surface area contributed by atoms with Crippen LogP contribution in [0.2, 0.25) is 0 Å². The normalized spacial score (nSPS) is 10.0. The highest BCUT2D eigenvalue weighted by molar-refractivity contribution is 6.05. The van der Waals surface area contributed by atoms with Crippen molar-refractivity contribution in [3.63, 3.8) is 0 Å². The van der Waals surface area contributed by atoms with Gasteiger partial charge in [-0.25, -0.2) is 0 Å². The molecule has 6 heteroatoms. The summed E-state index contributed by atoms with van der Waals surface area (Å²) in [7, 11) is 0. The molecule has 0 aliphatic heterocycles. The molecule has 0 atom stereocenters. The Morgan fingerprint density at radius 1 is 1.44 bits per heavy atom. The SMILES string of the molecule is [N-]=[N+]=NCCCNC(=O)c1coc2ccccc12. The summed E-state index contributed by atoms with van der Waals surface area (Å²) < 4.78 is 5.29. The Balaban J connectivity index is 1.98. The Hall–Kier alpha value is -2.46. The molecule has 92 valence electrons. The minimum Gasteiger partial charge on any atom is -0.463 e. The predicted octanol–water partition coefficient (Wildman–Crippen LogP) is 2.86. The Morgan fingerprint density at radius 3 is 3.11 bits per heavy atom. The van der Waals surface area contributed by atoms with Crippen molar-refractivity contribution in [2.75, 3.05) is 13.1 Å². The van der Waals surface area contributed by atoms with Crippen LogP contribution in [0, 0.1) is 0 Å². The Bertz CT molecular complexity index is 599. The van der Waals surface area contributed by atoms with Gasteiger partial charge in [-0.1, -0.05) is 23.3 Å². The number of hydrogen-bond donors (Lipinski definition) is 1. The van der Waals surface area contributed by atoms with E-state index in [0.29, 0.717) is 30.7 Å². The van der Waals surface area contributed by atoms with Crippen LogP contribution in [0.3, 0.4) is 0 Å². The third-order valence-corrected chi connectivity index (χ3v) is 2.51.